The quantitative estimate of drug-likeness (QED) is 0.490. The molecular formula is C13H24O2. The molecule has 2 unspecified atom stereocenters. The van der Waals surface area contributed by atoms with Crippen LogP contribution in [0.3, 0.4) is 0 Å². The van der Waals surface area contributed by atoms with Gasteiger partial charge in [-0.15, -0.1) is 0 Å². The van der Waals surface area contributed by atoms with E-state index >= 15 is 0 Å². The van der Waals surface area contributed by atoms with Gasteiger partial charge >= 0.3 is 5.97 Å². The van der Waals surface area contributed by atoms with E-state index in [2.05, 4.69) is 13.8 Å². The van der Waals surface area contributed by atoms with Gasteiger partial charge in [0, 0.05) is 0 Å². The highest BCUT2D eigenvalue weighted by atomic mass is 16.4. The minimum atomic E-state index is -0.745. The van der Waals surface area contributed by atoms with Gasteiger partial charge in [-0.2, -0.15) is 0 Å². The Hall–Kier alpha value is -0.790. The number of aliphatic carboxylic acids is 1. The minimum absolute atomic E-state index is 0.354. The maximum Gasteiger partial charge on any atom is 0.310 e. The Bertz CT molecular complexity index is 197. The summed E-state index contributed by atoms with van der Waals surface area (Å²) in [5.41, 5.74) is 0. The molecule has 0 amide bonds. The third-order valence-electron chi connectivity index (χ3n) is 2.65. The molecule has 0 aromatic rings. The first-order chi connectivity index (χ1) is 7.07. The lowest BCUT2D eigenvalue weighted by molar-refractivity contribution is -0.139. The van der Waals surface area contributed by atoms with Crippen LogP contribution in [0.2, 0.25) is 0 Å². The molecule has 0 aliphatic heterocycles. The highest BCUT2D eigenvalue weighted by Crippen LogP contribution is 2.14. The van der Waals surface area contributed by atoms with Gasteiger partial charge in [-0.1, -0.05) is 51.7 Å². The number of unbranched alkanes of at least 4 members (excludes halogenated alkanes) is 2. The fourth-order valence-electron chi connectivity index (χ4n) is 1.46. The zero-order chi connectivity index (χ0) is 11.7. The molecular weight excluding hydrogens is 188 g/mol. The van der Waals surface area contributed by atoms with E-state index in [-0.39, 0.29) is 5.92 Å². The second-order valence-electron chi connectivity index (χ2n) is 4.39. The Labute approximate surface area is 93.4 Å². The molecule has 1 N–H and O–H groups in total. The summed E-state index contributed by atoms with van der Waals surface area (Å²) in [6, 6.07) is 0. The van der Waals surface area contributed by atoms with Crippen LogP contribution in [0.25, 0.3) is 0 Å². The average molecular weight is 212 g/mol. The molecule has 0 saturated heterocycles. The summed E-state index contributed by atoms with van der Waals surface area (Å²) >= 11 is 0. The van der Waals surface area contributed by atoms with Crippen LogP contribution in [0.5, 0.6) is 0 Å². The summed E-state index contributed by atoms with van der Waals surface area (Å²) in [4.78, 5) is 10.5. The smallest absolute Gasteiger partial charge is 0.310 e. The Morgan fingerprint density at radius 3 is 2.53 bits per heavy atom. The van der Waals surface area contributed by atoms with Crippen molar-refractivity contribution in [3.63, 3.8) is 0 Å². The molecule has 0 spiro atoms. The Morgan fingerprint density at radius 1 is 1.33 bits per heavy atom. The van der Waals surface area contributed by atoms with Crippen molar-refractivity contribution in [3.8, 4) is 0 Å². The lowest BCUT2D eigenvalue weighted by Crippen LogP contribution is -2.05. The van der Waals surface area contributed by atoms with Gasteiger partial charge in [0.1, 0.15) is 0 Å². The molecule has 0 rings (SSSR count). The molecule has 0 radical (unpaired) electrons. The Morgan fingerprint density at radius 2 is 2.00 bits per heavy atom. The number of hydrogen-bond donors (Lipinski definition) is 1. The van der Waals surface area contributed by atoms with E-state index in [1.165, 1.54) is 25.7 Å². The first-order valence-electron chi connectivity index (χ1n) is 5.97. The standard InChI is InChI=1S/C13H24O2/c1-4-5-6-8-11(2)9-7-10-12(3)13(14)15/h7,10-12H,4-6,8-9H2,1-3H3,(H,14,15). The highest BCUT2D eigenvalue weighted by Gasteiger charge is 2.05. The summed E-state index contributed by atoms with van der Waals surface area (Å²) < 4.78 is 0. The summed E-state index contributed by atoms with van der Waals surface area (Å²) in [5.74, 6) is -0.425. The van der Waals surface area contributed by atoms with Crippen LogP contribution in [0.1, 0.15) is 52.9 Å². The molecule has 0 bridgehead atoms. The molecule has 2 nitrogen and oxygen atoms in total. The SMILES string of the molecule is CCCCCC(C)CC=CC(C)C(=O)O. The maximum absolute atomic E-state index is 10.5. The van der Waals surface area contributed by atoms with Crippen molar-refractivity contribution in [2.45, 2.75) is 52.9 Å². The van der Waals surface area contributed by atoms with Gasteiger partial charge in [-0.3, -0.25) is 4.79 Å². The summed E-state index contributed by atoms with van der Waals surface area (Å²) in [6.45, 7) is 6.14. The average Bonchev–Trinajstić information content (AvgIpc) is 2.18. The molecule has 0 aliphatic carbocycles. The zero-order valence-electron chi connectivity index (χ0n) is 10.2. The van der Waals surface area contributed by atoms with Crippen LogP contribution in [-0.2, 0) is 4.79 Å². The molecule has 0 fully saturated rings. The van der Waals surface area contributed by atoms with Gasteiger partial charge in [-0.05, 0) is 19.3 Å². The lowest BCUT2D eigenvalue weighted by Gasteiger charge is -2.07. The van der Waals surface area contributed by atoms with Crippen molar-refractivity contribution in [1.82, 2.24) is 0 Å². The Balaban J connectivity index is 3.60. The summed E-state index contributed by atoms with van der Waals surface area (Å²) in [5, 5.41) is 8.67. The van der Waals surface area contributed by atoms with Crippen LogP contribution in [0, 0.1) is 11.8 Å². The molecule has 2 atom stereocenters. The van der Waals surface area contributed by atoms with Crippen LogP contribution in [0.15, 0.2) is 12.2 Å². The number of allylic oxidation sites excluding steroid dienone is 1. The van der Waals surface area contributed by atoms with E-state index in [0.717, 1.165) is 6.42 Å². The van der Waals surface area contributed by atoms with Crippen molar-refractivity contribution < 1.29 is 9.90 Å². The van der Waals surface area contributed by atoms with Crippen LogP contribution < -0.4 is 0 Å². The second-order valence-corrected chi connectivity index (χ2v) is 4.39. The van der Waals surface area contributed by atoms with E-state index in [1.54, 1.807) is 13.0 Å². The molecule has 88 valence electrons. The first kappa shape index (κ1) is 14.2. The third-order valence-corrected chi connectivity index (χ3v) is 2.65. The van der Waals surface area contributed by atoms with Crippen LogP contribution in [0.4, 0.5) is 0 Å². The fourth-order valence-corrected chi connectivity index (χ4v) is 1.46. The number of rotatable bonds is 8. The maximum atomic E-state index is 10.5. The molecule has 0 heterocycles. The number of carboxylic acids is 1. The monoisotopic (exact) mass is 212 g/mol. The lowest BCUT2D eigenvalue weighted by atomic mass is 9.99. The molecule has 0 aliphatic rings. The predicted octanol–water partition coefficient (Wildman–Crippen LogP) is 3.87. The van der Waals surface area contributed by atoms with E-state index in [4.69, 9.17) is 5.11 Å². The highest BCUT2D eigenvalue weighted by molar-refractivity contribution is 5.71. The van der Waals surface area contributed by atoms with Gasteiger partial charge in [0.05, 0.1) is 5.92 Å². The van der Waals surface area contributed by atoms with Crippen molar-refractivity contribution in [2.75, 3.05) is 0 Å². The van der Waals surface area contributed by atoms with E-state index in [0.29, 0.717) is 5.92 Å². The van der Waals surface area contributed by atoms with Crippen LogP contribution in [-0.4, -0.2) is 11.1 Å². The summed E-state index contributed by atoms with van der Waals surface area (Å²) in [6.07, 6.45) is 9.91. The van der Waals surface area contributed by atoms with E-state index < -0.39 is 5.97 Å². The molecule has 0 aromatic heterocycles. The molecule has 0 saturated carbocycles. The van der Waals surface area contributed by atoms with Gasteiger partial charge in [0.15, 0.2) is 0 Å². The molecule has 0 aromatic carbocycles. The first-order valence-corrected chi connectivity index (χ1v) is 5.97. The van der Waals surface area contributed by atoms with Crippen molar-refractivity contribution in [1.29, 1.82) is 0 Å². The van der Waals surface area contributed by atoms with Gasteiger partial charge in [-0.25, -0.2) is 0 Å². The summed E-state index contributed by atoms with van der Waals surface area (Å²) in [7, 11) is 0. The fraction of sp³-hybridized carbons (Fsp3) is 0.769. The largest absolute Gasteiger partial charge is 0.481 e. The number of carbonyl (C=O) groups is 1. The van der Waals surface area contributed by atoms with E-state index in [9.17, 15) is 4.79 Å². The van der Waals surface area contributed by atoms with Crippen LogP contribution >= 0.6 is 0 Å². The predicted molar refractivity (Wildman–Crippen MR) is 63.9 cm³/mol. The van der Waals surface area contributed by atoms with Gasteiger partial charge in [0.2, 0.25) is 0 Å². The minimum Gasteiger partial charge on any atom is -0.481 e. The zero-order valence-corrected chi connectivity index (χ0v) is 10.2. The van der Waals surface area contributed by atoms with Crippen molar-refractivity contribution in [3.05, 3.63) is 12.2 Å². The van der Waals surface area contributed by atoms with Crippen molar-refractivity contribution >= 4 is 5.97 Å². The van der Waals surface area contributed by atoms with Crippen molar-refractivity contribution in [2.24, 2.45) is 11.8 Å². The van der Waals surface area contributed by atoms with Gasteiger partial charge in [0.25, 0.3) is 0 Å². The second kappa shape index (κ2) is 8.51. The van der Waals surface area contributed by atoms with E-state index in [1.807, 2.05) is 6.08 Å². The normalized spacial score (nSPS) is 15.4. The number of carboxylic acid groups (broad SMARTS) is 1. The third kappa shape index (κ3) is 8.22. The van der Waals surface area contributed by atoms with Gasteiger partial charge < -0.3 is 5.11 Å². The number of hydrogen-bond acceptors (Lipinski definition) is 1. The topological polar surface area (TPSA) is 37.3 Å². The molecule has 2 heteroatoms. The molecule has 15 heavy (non-hydrogen) atoms. The Kier molecular flexibility index (Phi) is 8.06.